The Hall–Kier alpha value is -3.68. The molecule has 0 saturated heterocycles. The van der Waals surface area contributed by atoms with Gasteiger partial charge in [0.15, 0.2) is 0 Å². The van der Waals surface area contributed by atoms with Gasteiger partial charge in [-0.2, -0.15) is 0 Å². The summed E-state index contributed by atoms with van der Waals surface area (Å²) in [6.07, 6.45) is 0.898. The van der Waals surface area contributed by atoms with E-state index in [9.17, 15) is 24.5 Å². The highest BCUT2D eigenvalue weighted by atomic mass is 19.1. The monoisotopic (exact) mass is 421 g/mol. The molecule has 1 unspecified atom stereocenters. The molecule has 4 rings (SSSR count). The molecule has 1 atom stereocenters. The van der Waals surface area contributed by atoms with Gasteiger partial charge in [-0.15, -0.1) is 0 Å². The molecule has 0 fully saturated rings. The van der Waals surface area contributed by atoms with Crippen LogP contribution in [-0.4, -0.2) is 38.6 Å². The number of carbonyl (C=O) groups is 1. The topological polar surface area (TPSA) is 91.9 Å². The molecule has 3 N–H and O–H groups in total. The summed E-state index contributed by atoms with van der Waals surface area (Å²) in [4.78, 5) is 11.7. The molecule has 4 aromatic rings. The zero-order chi connectivity index (χ0) is 22.0. The summed E-state index contributed by atoms with van der Waals surface area (Å²) in [5.74, 6) is -0.336. The maximum absolute atomic E-state index is 13.1. The van der Waals surface area contributed by atoms with Crippen molar-refractivity contribution in [3.8, 4) is 17.2 Å². The Balaban J connectivity index is 1.72. The number of aromatic nitrogens is 1. The molecule has 0 aliphatic carbocycles. The van der Waals surface area contributed by atoms with Gasteiger partial charge in [0.05, 0.1) is 23.8 Å². The van der Waals surface area contributed by atoms with E-state index in [0.29, 0.717) is 28.0 Å². The quantitative estimate of drug-likeness (QED) is 0.417. The van der Waals surface area contributed by atoms with Crippen molar-refractivity contribution in [2.24, 2.45) is 0 Å². The summed E-state index contributed by atoms with van der Waals surface area (Å²) in [7, 11) is 0. The van der Waals surface area contributed by atoms with Crippen molar-refractivity contribution in [2.75, 3.05) is 6.61 Å². The number of halogens is 1. The third kappa shape index (κ3) is 4.28. The predicted molar refractivity (Wildman–Crippen MR) is 114 cm³/mol. The highest BCUT2D eigenvalue weighted by Crippen LogP contribution is 2.30. The largest absolute Gasteiger partial charge is 0.478 e. The van der Waals surface area contributed by atoms with Gasteiger partial charge in [-0.1, -0.05) is 6.07 Å². The van der Waals surface area contributed by atoms with Crippen LogP contribution in [0.2, 0.25) is 0 Å². The lowest BCUT2D eigenvalue weighted by Crippen LogP contribution is -2.15. The van der Waals surface area contributed by atoms with Gasteiger partial charge in [0.2, 0.25) is 0 Å². The molecule has 0 spiro atoms. The van der Waals surface area contributed by atoms with Crippen molar-refractivity contribution in [3.05, 3.63) is 89.9 Å². The fourth-order valence-corrected chi connectivity index (χ4v) is 3.55. The minimum Gasteiger partial charge on any atom is -0.478 e. The molecule has 1 heterocycles. The highest BCUT2D eigenvalue weighted by molar-refractivity contribution is 6.05. The van der Waals surface area contributed by atoms with Crippen molar-refractivity contribution >= 4 is 16.9 Å². The second-order valence-electron chi connectivity index (χ2n) is 7.12. The number of carboxylic acids is 1. The molecule has 0 saturated carbocycles. The van der Waals surface area contributed by atoms with Gasteiger partial charge < -0.3 is 24.6 Å². The Morgan fingerprint density at radius 2 is 1.65 bits per heavy atom. The molecule has 7 heteroatoms. The van der Waals surface area contributed by atoms with E-state index in [4.69, 9.17) is 4.74 Å². The van der Waals surface area contributed by atoms with Crippen molar-refractivity contribution in [3.63, 3.8) is 0 Å². The Morgan fingerprint density at radius 3 is 2.26 bits per heavy atom. The lowest BCUT2D eigenvalue weighted by Gasteiger charge is -2.09. The Labute approximate surface area is 177 Å². The first-order valence-corrected chi connectivity index (χ1v) is 9.65. The third-order valence-corrected chi connectivity index (χ3v) is 4.97. The molecular formula is C24H20FNO5. The smallest absolute Gasteiger partial charge is 0.336 e. The van der Waals surface area contributed by atoms with E-state index in [1.807, 2.05) is 16.7 Å². The van der Waals surface area contributed by atoms with Gasteiger partial charge in [0.1, 0.15) is 17.3 Å². The van der Waals surface area contributed by atoms with Crippen LogP contribution in [0.1, 0.15) is 15.9 Å². The minimum atomic E-state index is -1.06. The SMILES string of the molecule is O=C(O)c1cccc2c1c(CC(O)CO)cn2-c1ccc(Oc2ccc(F)cc2)cc1. The van der Waals surface area contributed by atoms with Crippen LogP contribution in [0.4, 0.5) is 4.39 Å². The van der Waals surface area contributed by atoms with Crippen LogP contribution in [-0.2, 0) is 6.42 Å². The minimum absolute atomic E-state index is 0.121. The molecule has 0 aliphatic heterocycles. The average Bonchev–Trinajstić information content (AvgIpc) is 3.14. The summed E-state index contributed by atoms with van der Waals surface area (Å²) in [5.41, 5.74) is 2.20. The molecular weight excluding hydrogens is 401 g/mol. The molecule has 158 valence electrons. The van der Waals surface area contributed by atoms with Crippen molar-refractivity contribution in [1.82, 2.24) is 4.57 Å². The van der Waals surface area contributed by atoms with Gasteiger partial charge in [-0.3, -0.25) is 0 Å². The molecule has 3 aromatic carbocycles. The molecule has 0 bridgehead atoms. The fraction of sp³-hybridized carbons (Fsp3) is 0.125. The van der Waals surface area contributed by atoms with Crippen molar-refractivity contribution in [1.29, 1.82) is 0 Å². The Kier molecular flexibility index (Phi) is 5.70. The molecule has 1 aromatic heterocycles. The van der Waals surface area contributed by atoms with Crippen LogP contribution in [0.3, 0.4) is 0 Å². The van der Waals surface area contributed by atoms with Crippen LogP contribution in [0.15, 0.2) is 72.9 Å². The zero-order valence-electron chi connectivity index (χ0n) is 16.4. The Morgan fingerprint density at radius 1 is 1.00 bits per heavy atom. The fourth-order valence-electron chi connectivity index (χ4n) is 3.55. The average molecular weight is 421 g/mol. The van der Waals surface area contributed by atoms with E-state index >= 15 is 0 Å². The summed E-state index contributed by atoms with van der Waals surface area (Å²) in [6, 6.07) is 17.8. The first-order chi connectivity index (χ1) is 15.0. The van der Waals surface area contributed by atoms with E-state index < -0.39 is 18.7 Å². The van der Waals surface area contributed by atoms with Crippen LogP contribution in [0.25, 0.3) is 16.6 Å². The van der Waals surface area contributed by atoms with Crippen LogP contribution in [0, 0.1) is 5.82 Å². The second-order valence-corrected chi connectivity index (χ2v) is 7.12. The normalized spacial score (nSPS) is 12.1. The van der Waals surface area contributed by atoms with Gasteiger partial charge in [-0.05, 0) is 66.2 Å². The van der Waals surface area contributed by atoms with Gasteiger partial charge >= 0.3 is 5.97 Å². The number of fused-ring (bicyclic) bond motifs is 1. The number of ether oxygens (including phenoxy) is 1. The number of aliphatic hydroxyl groups excluding tert-OH is 2. The number of hydrogen-bond donors (Lipinski definition) is 3. The summed E-state index contributed by atoms with van der Waals surface area (Å²) < 4.78 is 20.6. The number of rotatable bonds is 7. The summed E-state index contributed by atoms with van der Waals surface area (Å²) in [6.45, 7) is -0.419. The second kappa shape index (κ2) is 8.59. The maximum atomic E-state index is 13.1. The number of aliphatic hydroxyl groups is 2. The van der Waals surface area contributed by atoms with E-state index in [1.54, 1.807) is 30.5 Å². The van der Waals surface area contributed by atoms with Crippen LogP contribution >= 0.6 is 0 Å². The van der Waals surface area contributed by atoms with E-state index in [2.05, 4.69) is 0 Å². The number of nitrogens with zero attached hydrogens (tertiary/aromatic N) is 1. The molecule has 0 amide bonds. The van der Waals surface area contributed by atoms with Crippen molar-refractivity contribution < 1.29 is 29.2 Å². The number of carboxylic acid groups (broad SMARTS) is 1. The van der Waals surface area contributed by atoms with Gasteiger partial charge in [0.25, 0.3) is 0 Å². The zero-order valence-corrected chi connectivity index (χ0v) is 16.4. The van der Waals surface area contributed by atoms with Gasteiger partial charge in [-0.25, -0.2) is 9.18 Å². The number of aromatic carboxylic acids is 1. The van der Waals surface area contributed by atoms with Crippen LogP contribution < -0.4 is 4.74 Å². The first kappa shape index (κ1) is 20.6. The predicted octanol–water partition coefficient (Wildman–Crippen LogP) is 4.16. The maximum Gasteiger partial charge on any atom is 0.336 e. The van der Waals surface area contributed by atoms with E-state index in [0.717, 1.165) is 5.69 Å². The molecule has 0 radical (unpaired) electrons. The number of hydrogen-bond acceptors (Lipinski definition) is 4. The van der Waals surface area contributed by atoms with Crippen LogP contribution in [0.5, 0.6) is 11.5 Å². The van der Waals surface area contributed by atoms with E-state index in [1.165, 1.54) is 30.3 Å². The third-order valence-electron chi connectivity index (χ3n) is 4.97. The van der Waals surface area contributed by atoms with E-state index in [-0.39, 0.29) is 17.8 Å². The molecule has 31 heavy (non-hydrogen) atoms. The lowest BCUT2D eigenvalue weighted by atomic mass is 10.0. The van der Waals surface area contributed by atoms with Crippen molar-refractivity contribution in [2.45, 2.75) is 12.5 Å². The standard InChI is InChI=1S/C24H20FNO5/c25-16-4-8-19(9-5-16)31-20-10-6-17(7-11-20)26-13-15(12-18(28)14-27)23-21(24(29)30)2-1-3-22(23)26/h1-11,13,18,27-28H,12,14H2,(H,29,30). The molecule has 6 nitrogen and oxygen atoms in total. The summed E-state index contributed by atoms with van der Waals surface area (Å²) >= 11 is 0. The first-order valence-electron chi connectivity index (χ1n) is 9.65. The molecule has 0 aliphatic rings. The summed E-state index contributed by atoms with van der Waals surface area (Å²) in [5, 5.41) is 29.3. The number of benzene rings is 3. The lowest BCUT2D eigenvalue weighted by molar-refractivity contribution is 0.0698. The Bertz CT molecular complexity index is 1220. The van der Waals surface area contributed by atoms with Gasteiger partial charge in [0, 0.05) is 23.7 Å². The highest BCUT2D eigenvalue weighted by Gasteiger charge is 2.19.